The average molecular weight is 248 g/mol. The number of nitrogens with zero attached hydrogens (tertiary/aromatic N) is 1. The molecule has 0 radical (unpaired) electrons. The van der Waals surface area contributed by atoms with Crippen molar-refractivity contribution in [2.75, 3.05) is 27.2 Å². The quantitative estimate of drug-likeness (QED) is 0.714. The van der Waals surface area contributed by atoms with E-state index >= 15 is 0 Å². The van der Waals surface area contributed by atoms with Gasteiger partial charge < -0.3 is 10.2 Å². The second kappa shape index (κ2) is 8.70. The summed E-state index contributed by atoms with van der Waals surface area (Å²) in [6, 6.07) is 10.4. The summed E-state index contributed by atoms with van der Waals surface area (Å²) in [5, 5.41) is 3.06. The molecule has 0 aliphatic rings. The summed E-state index contributed by atoms with van der Waals surface area (Å²) in [4.78, 5) is 13.6. The fourth-order valence-electron chi connectivity index (χ4n) is 1.90. The minimum Gasteiger partial charge on any atom is -0.346 e. The van der Waals surface area contributed by atoms with E-state index in [4.69, 9.17) is 0 Å². The molecular formula is C15H24N2O. The molecule has 1 aromatic rings. The monoisotopic (exact) mass is 248 g/mol. The van der Waals surface area contributed by atoms with Gasteiger partial charge in [-0.05, 0) is 38.4 Å². The minimum atomic E-state index is 0.248. The number of aryl methyl sites for hydroxylation is 1. The Hall–Kier alpha value is -1.35. The van der Waals surface area contributed by atoms with Gasteiger partial charge in [-0.25, -0.2) is 0 Å². The van der Waals surface area contributed by atoms with Crippen LogP contribution in [-0.2, 0) is 11.2 Å². The van der Waals surface area contributed by atoms with E-state index in [0.29, 0.717) is 6.42 Å². The van der Waals surface area contributed by atoms with Gasteiger partial charge in [0.1, 0.15) is 0 Å². The molecule has 1 rings (SSSR count). The molecule has 0 bridgehead atoms. The van der Waals surface area contributed by atoms with Crippen LogP contribution in [0.3, 0.4) is 0 Å². The lowest BCUT2D eigenvalue weighted by Crippen LogP contribution is -2.28. The highest BCUT2D eigenvalue weighted by Gasteiger charge is 2.07. The molecule has 3 heteroatoms. The molecule has 0 saturated carbocycles. The molecule has 1 amide bonds. The molecular weight excluding hydrogens is 224 g/mol. The highest BCUT2D eigenvalue weighted by Crippen LogP contribution is 2.04. The Kier molecular flexibility index (Phi) is 7.11. The van der Waals surface area contributed by atoms with Crippen molar-refractivity contribution in [2.24, 2.45) is 0 Å². The van der Waals surface area contributed by atoms with E-state index in [1.807, 2.05) is 25.1 Å². The lowest BCUT2D eigenvalue weighted by molar-refractivity contribution is -0.130. The average Bonchev–Trinajstić information content (AvgIpc) is 2.40. The van der Waals surface area contributed by atoms with Gasteiger partial charge in [-0.1, -0.05) is 30.3 Å². The third-order valence-electron chi connectivity index (χ3n) is 3.04. The zero-order valence-corrected chi connectivity index (χ0v) is 11.5. The van der Waals surface area contributed by atoms with Gasteiger partial charge in [-0.2, -0.15) is 0 Å². The Morgan fingerprint density at radius 1 is 1.22 bits per heavy atom. The first-order chi connectivity index (χ1) is 8.74. The Balaban J connectivity index is 2.16. The number of benzene rings is 1. The third kappa shape index (κ3) is 5.82. The molecule has 0 atom stereocenters. The van der Waals surface area contributed by atoms with E-state index in [2.05, 4.69) is 29.6 Å². The van der Waals surface area contributed by atoms with Crippen molar-refractivity contribution < 1.29 is 4.79 Å². The maximum absolute atomic E-state index is 11.8. The van der Waals surface area contributed by atoms with Crippen LogP contribution in [0.4, 0.5) is 0 Å². The molecule has 0 aliphatic heterocycles. The summed E-state index contributed by atoms with van der Waals surface area (Å²) in [7, 11) is 3.81. The van der Waals surface area contributed by atoms with Crippen LogP contribution in [0.2, 0.25) is 0 Å². The second-order valence-corrected chi connectivity index (χ2v) is 4.61. The topological polar surface area (TPSA) is 32.3 Å². The van der Waals surface area contributed by atoms with Crippen molar-refractivity contribution in [3.8, 4) is 0 Å². The molecule has 0 spiro atoms. The van der Waals surface area contributed by atoms with Gasteiger partial charge in [0.15, 0.2) is 0 Å². The van der Waals surface area contributed by atoms with Gasteiger partial charge in [-0.15, -0.1) is 0 Å². The number of carbonyl (C=O) groups excluding carboxylic acids is 1. The van der Waals surface area contributed by atoms with Gasteiger partial charge in [0, 0.05) is 20.0 Å². The lowest BCUT2D eigenvalue weighted by atomic mass is 10.1. The molecule has 0 aliphatic carbocycles. The van der Waals surface area contributed by atoms with Gasteiger partial charge in [0.2, 0.25) is 5.91 Å². The molecule has 3 nitrogen and oxygen atoms in total. The summed E-state index contributed by atoms with van der Waals surface area (Å²) in [5.41, 5.74) is 1.34. The first-order valence-electron chi connectivity index (χ1n) is 6.66. The third-order valence-corrected chi connectivity index (χ3v) is 3.04. The van der Waals surface area contributed by atoms with Crippen LogP contribution in [0.15, 0.2) is 30.3 Å². The van der Waals surface area contributed by atoms with Crippen LogP contribution in [-0.4, -0.2) is 38.0 Å². The van der Waals surface area contributed by atoms with E-state index in [1.165, 1.54) is 5.56 Å². The summed E-state index contributed by atoms with van der Waals surface area (Å²) in [6.45, 7) is 1.75. The van der Waals surface area contributed by atoms with E-state index in [-0.39, 0.29) is 5.91 Å². The molecule has 0 heterocycles. The predicted octanol–water partition coefficient (Wildman–Crippen LogP) is 2.08. The minimum absolute atomic E-state index is 0.248. The number of rotatable bonds is 8. The van der Waals surface area contributed by atoms with Gasteiger partial charge >= 0.3 is 0 Å². The first kappa shape index (κ1) is 14.7. The fourth-order valence-corrected chi connectivity index (χ4v) is 1.90. The summed E-state index contributed by atoms with van der Waals surface area (Å²) < 4.78 is 0. The molecule has 100 valence electrons. The predicted molar refractivity (Wildman–Crippen MR) is 75.6 cm³/mol. The van der Waals surface area contributed by atoms with Crippen LogP contribution in [0, 0.1) is 0 Å². The number of amides is 1. The van der Waals surface area contributed by atoms with Crippen LogP contribution < -0.4 is 5.32 Å². The van der Waals surface area contributed by atoms with Gasteiger partial charge in [0.05, 0.1) is 0 Å². The van der Waals surface area contributed by atoms with Crippen LogP contribution in [0.1, 0.15) is 24.8 Å². The zero-order chi connectivity index (χ0) is 13.2. The summed E-state index contributed by atoms with van der Waals surface area (Å²) in [6.07, 6.45) is 3.62. The van der Waals surface area contributed by atoms with E-state index in [9.17, 15) is 4.79 Å². The van der Waals surface area contributed by atoms with Crippen molar-refractivity contribution in [1.82, 2.24) is 10.2 Å². The summed E-state index contributed by atoms with van der Waals surface area (Å²) in [5.74, 6) is 0.248. The molecule has 0 aromatic heterocycles. The number of hydrogen-bond donors (Lipinski definition) is 1. The molecule has 1 N–H and O–H groups in total. The van der Waals surface area contributed by atoms with Gasteiger partial charge in [0.25, 0.3) is 0 Å². The molecule has 0 unspecified atom stereocenters. The Morgan fingerprint density at radius 3 is 2.61 bits per heavy atom. The number of nitrogens with one attached hydrogen (secondary N) is 1. The molecule has 1 aromatic carbocycles. The Bertz CT molecular complexity index is 338. The van der Waals surface area contributed by atoms with Crippen molar-refractivity contribution in [3.05, 3.63) is 35.9 Å². The molecule has 18 heavy (non-hydrogen) atoms. The van der Waals surface area contributed by atoms with Crippen molar-refractivity contribution in [2.45, 2.75) is 25.7 Å². The fraction of sp³-hybridized carbons (Fsp3) is 0.533. The summed E-state index contributed by atoms with van der Waals surface area (Å²) >= 11 is 0. The highest BCUT2D eigenvalue weighted by atomic mass is 16.2. The maximum Gasteiger partial charge on any atom is 0.222 e. The number of carbonyl (C=O) groups is 1. The van der Waals surface area contributed by atoms with E-state index in [1.54, 1.807) is 0 Å². The maximum atomic E-state index is 11.8. The van der Waals surface area contributed by atoms with Crippen molar-refractivity contribution in [1.29, 1.82) is 0 Å². The van der Waals surface area contributed by atoms with Crippen molar-refractivity contribution in [3.63, 3.8) is 0 Å². The standard InChI is InChI=1S/C15H24N2O/c1-16-12-6-11-15(18)17(2)13-7-10-14-8-4-3-5-9-14/h3-5,8-9,16H,6-7,10-13H2,1-2H3. The number of hydrogen-bond acceptors (Lipinski definition) is 2. The molecule has 0 fully saturated rings. The highest BCUT2D eigenvalue weighted by molar-refractivity contribution is 5.75. The smallest absolute Gasteiger partial charge is 0.222 e. The Labute approximate surface area is 110 Å². The van der Waals surface area contributed by atoms with Crippen LogP contribution in [0.5, 0.6) is 0 Å². The van der Waals surface area contributed by atoms with Crippen molar-refractivity contribution >= 4 is 5.91 Å². The van der Waals surface area contributed by atoms with E-state index in [0.717, 1.165) is 32.4 Å². The van der Waals surface area contributed by atoms with Crippen LogP contribution in [0.25, 0.3) is 0 Å². The SMILES string of the molecule is CNCCCC(=O)N(C)CCCc1ccccc1. The van der Waals surface area contributed by atoms with Gasteiger partial charge in [-0.3, -0.25) is 4.79 Å². The van der Waals surface area contributed by atoms with E-state index < -0.39 is 0 Å². The normalized spacial score (nSPS) is 10.3. The first-order valence-corrected chi connectivity index (χ1v) is 6.66. The second-order valence-electron chi connectivity index (χ2n) is 4.61. The lowest BCUT2D eigenvalue weighted by Gasteiger charge is -2.17. The Morgan fingerprint density at radius 2 is 1.94 bits per heavy atom. The zero-order valence-electron chi connectivity index (χ0n) is 11.5. The largest absolute Gasteiger partial charge is 0.346 e. The molecule has 0 saturated heterocycles. The van der Waals surface area contributed by atoms with Crippen LogP contribution >= 0.6 is 0 Å².